The molecule has 0 spiro atoms. The molecule has 3 unspecified atom stereocenters. The number of aliphatic carboxylic acids is 1. The van der Waals surface area contributed by atoms with E-state index in [1.54, 1.807) is 6.07 Å². The molecule has 5 nitrogen and oxygen atoms in total. The number of halogens is 3. The number of thioether (sulfide) groups is 1. The Hall–Kier alpha value is -1.90. The van der Waals surface area contributed by atoms with Crippen molar-refractivity contribution >= 4 is 23.6 Å². The number of hydrogen-bond donors (Lipinski definition) is 2. The van der Waals surface area contributed by atoms with Gasteiger partial charge >= 0.3 is 12.3 Å². The molecule has 1 aromatic carbocycles. The Morgan fingerprint density at radius 1 is 1.32 bits per heavy atom. The summed E-state index contributed by atoms with van der Waals surface area (Å²) in [5, 5.41) is 12.0. The molecule has 0 radical (unpaired) electrons. The van der Waals surface area contributed by atoms with Gasteiger partial charge in [0.15, 0.2) is 0 Å². The van der Waals surface area contributed by atoms with Crippen LogP contribution in [0.25, 0.3) is 0 Å². The minimum absolute atomic E-state index is 0.291. The van der Waals surface area contributed by atoms with Gasteiger partial charge in [0.05, 0.1) is 0 Å². The number of amides is 1. The molecule has 25 heavy (non-hydrogen) atoms. The number of benzene rings is 1. The molecule has 0 bridgehead atoms. The van der Waals surface area contributed by atoms with Gasteiger partial charge < -0.3 is 15.2 Å². The van der Waals surface area contributed by atoms with Gasteiger partial charge in [-0.05, 0) is 36.1 Å². The highest BCUT2D eigenvalue weighted by Crippen LogP contribution is 2.51. The van der Waals surface area contributed by atoms with E-state index in [0.29, 0.717) is 29.9 Å². The lowest BCUT2D eigenvalue weighted by atomic mass is 9.98. The highest BCUT2D eigenvalue weighted by molar-refractivity contribution is 7.99. The summed E-state index contributed by atoms with van der Waals surface area (Å²) >= 11 is 1.45. The van der Waals surface area contributed by atoms with Crippen LogP contribution in [0.2, 0.25) is 0 Å². The molecular weight excluding hydrogens is 359 g/mol. The molecule has 9 heteroatoms. The number of rotatable bonds is 5. The monoisotopic (exact) mass is 375 g/mol. The number of alkyl halides is 3. The lowest BCUT2D eigenvalue weighted by Gasteiger charge is -2.24. The summed E-state index contributed by atoms with van der Waals surface area (Å²) in [6.45, 7) is 0. The third-order valence-corrected chi connectivity index (χ3v) is 5.65. The number of carboxylic acids is 1. The van der Waals surface area contributed by atoms with E-state index >= 15 is 0 Å². The van der Waals surface area contributed by atoms with Crippen LogP contribution in [0.1, 0.15) is 24.3 Å². The summed E-state index contributed by atoms with van der Waals surface area (Å²) in [6.07, 6.45) is -4.10. The molecule has 3 atom stereocenters. The summed E-state index contributed by atoms with van der Waals surface area (Å²) in [4.78, 5) is 23.9. The number of carbonyl (C=O) groups is 2. The average Bonchev–Trinajstić information content (AvgIpc) is 3.17. The number of para-hydroxylation sites is 1. The molecule has 1 aromatic rings. The van der Waals surface area contributed by atoms with Crippen LogP contribution in [0.3, 0.4) is 0 Å². The SMILES string of the molecule is O=C(NC1(C(=O)O)CCSC1)C1CC1c1ccccc1OC(F)(F)F. The average molecular weight is 375 g/mol. The van der Waals surface area contributed by atoms with E-state index in [2.05, 4.69) is 10.1 Å². The maximum atomic E-state index is 12.5. The first-order valence-corrected chi connectivity index (χ1v) is 8.85. The van der Waals surface area contributed by atoms with Crippen LogP contribution in [0.4, 0.5) is 13.2 Å². The zero-order valence-corrected chi connectivity index (χ0v) is 13.8. The van der Waals surface area contributed by atoms with E-state index in [0.717, 1.165) is 0 Å². The maximum Gasteiger partial charge on any atom is 0.573 e. The molecule has 1 amide bonds. The first-order chi connectivity index (χ1) is 11.7. The van der Waals surface area contributed by atoms with Crippen molar-refractivity contribution in [3.05, 3.63) is 29.8 Å². The van der Waals surface area contributed by atoms with Crippen molar-refractivity contribution < 1.29 is 32.6 Å². The number of ether oxygens (including phenoxy) is 1. The van der Waals surface area contributed by atoms with Gasteiger partial charge in [0.25, 0.3) is 0 Å². The highest BCUT2D eigenvalue weighted by atomic mass is 32.2. The highest BCUT2D eigenvalue weighted by Gasteiger charge is 2.50. The molecule has 2 aliphatic rings. The Morgan fingerprint density at radius 2 is 2.04 bits per heavy atom. The molecule has 136 valence electrons. The number of nitrogens with one attached hydrogen (secondary N) is 1. The fourth-order valence-electron chi connectivity index (χ4n) is 3.05. The molecule has 2 fully saturated rings. The molecular formula is C16H16F3NO4S. The molecule has 1 heterocycles. The van der Waals surface area contributed by atoms with E-state index in [4.69, 9.17) is 0 Å². The van der Waals surface area contributed by atoms with Crippen LogP contribution >= 0.6 is 11.8 Å². The molecule has 1 saturated heterocycles. The standard InChI is InChI=1S/C16H16F3NO4S/c17-16(18,19)24-12-4-2-1-3-9(12)10-7-11(10)13(21)20-15(14(22)23)5-6-25-8-15/h1-4,10-11H,5-8H2,(H,20,21)(H,22,23). The normalized spacial score (nSPS) is 28.4. The van der Waals surface area contributed by atoms with Gasteiger partial charge in [-0.2, -0.15) is 11.8 Å². The molecule has 0 aromatic heterocycles. The maximum absolute atomic E-state index is 12.5. The second kappa shape index (κ2) is 6.44. The molecule has 1 aliphatic carbocycles. The predicted octanol–water partition coefficient (Wildman–Crippen LogP) is 2.77. The zero-order valence-electron chi connectivity index (χ0n) is 13.0. The van der Waals surface area contributed by atoms with E-state index < -0.39 is 35.6 Å². The third kappa shape index (κ3) is 3.86. The summed E-state index contributed by atoms with van der Waals surface area (Å²) in [5.74, 6) is -1.85. The Labute approximate surface area is 145 Å². The van der Waals surface area contributed by atoms with E-state index in [1.165, 1.54) is 30.0 Å². The van der Waals surface area contributed by atoms with Crippen LogP contribution in [0.5, 0.6) is 5.75 Å². The second-order valence-electron chi connectivity index (χ2n) is 6.21. The van der Waals surface area contributed by atoms with Crippen molar-refractivity contribution in [2.24, 2.45) is 5.92 Å². The Bertz CT molecular complexity index is 688. The van der Waals surface area contributed by atoms with Gasteiger partial charge in [0.2, 0.25) is 5.91 Å². The van der Waals surface area contributed by atoms with Gasteiger partial charge in [0, 0.05) is 11.7 Å². The van der Waals surface area contributed by atoms with Crippen LogP contribution in [-0.4, -0.2) is 40.4 Å². The molecule has 1 saturated carbocycles. The second-order valence-corrected chi connectivity index (χ2v) is 7.32. The Kier molecular flexibility index (Phi) is 4.61. The number of carboxylic acid groups (broad SMARTS) is 1. The first-order valence-electron chi connectivity index (χ1n) is 7.70. The number of carbonyl (C=O) groups excluding carboxylic acids is 1. The van der Waals surface area contributed by atoms with Crippen LogP contribution in [-0.2, 0) is 9.59 Å². The van der Waals surface area contributed by atoms with Gasteiger partial charge in [0.1, 0.15) is 11.3 Å². The minimum Gasteiger partial charge on any atom is -0.479 e. The van der Waals surface area contributed by atoms with E-state index in [-0.39, 0.29) is 5.75 Å². The van der Waals surface area contributed by atoms with E-state index in [1.807, 2.05) is 0 Å². The van der Waals surface area contributed by atoms with Gasteiger partial charge in [-0.15, -0.1) is 13.2 Å². The summed E-state index contributed by atoms with van der Waals surface area (Å²) in [5.41, 5.74) is -0.971. The minimum atomic E-state index is -4.81. The lowest BCUT2D eigenvalue weighted by molar-refractivity contribution is -0.274. The van der Waals surface area contributed by atoms with Crippen molar-refractivity contribution in [1.82, 2.24) is 5.32 Å². The van der Waals surface area contributed by atoms with E-state index in [9.17, 15) is 27.9 Å². The fourth-order valence-corrected chi connectivity index (χ4v) is 4.37. The van der Waals surface area contributed by atoms with Gasteiger partial charge in [-0.25, -0.2) is 4.79 Å². The third-order valence-electron chi connectivity index (χ3n) is 4.46. The zero-order chi connectivity index (χ0) is 18.2. The first kappa shape index (κ1) is 17.9. The van der Waals surface area contributed by atoms with Crippen molar-refractivity contribution in [2.75, 3.05) is 11.5 Å². The summed E-state index contributed by atoms with van der Waals surface area (Å²) < 4.78 is 41.5. The summed E-state index contributed by atoms with van der Waals surface area (Å²) in [7, 11) is 0. The van der Waals surface area contributed by atoms with Crippen molar-refractivity contribution in [3.8, 4) is 5.75 Å². The quantitative estimate of drug-likeness (QED) is 0.828. The lowest BCUT2D eigenvalue weighted by Crippen LogP contribution is -2.55. The topological polar surface area (TPSA) is 75.6 Å². The Morgan fingerprint density at radius 3 is 2.64 bits per heavy atom. The smallest absolute Gasteiger partial charge is 0.479 e. The van der Waals surface area contributed by atoms with Gasteiger partial charge in [-0.1, -0.05) is 18.2 Å². The largest absolute Gasteiger partial charge is 0.573 e. The molecule has 3 rings (SSSR count). The van der Waals surface area contributed by atoms with Gasteiger partial charge in [-0.3, -0.25) is 4.79 Å². The van der Waals surface area contributed by atoms with Crippen LogP contribution in [0, 0.1) is 5.92 Å². The summed E-state index contributed by atoms with van der Waals surface area (Å²) in [6, 6.07) is 5.72. The van der Waals surface area contributed by atoms with Crippen molar-refractivity contribution in [1.29, 1.82) is 0 Å². The molecule has 1 aliphatic heterocycles. The molecule has 2 N–H and O–H groups in total. The van der Waals surface area contributed by atoms with Crippen molar-refractivity contribution in [3.63, 3.8) is 0 Å². The van der Waals surface area contributed by atoms with Crippen molar-refractivity contribution in [2.45, 2.75) is 30.7 Å². The predicted molar refractivity (Wildman–Crippen MR) is 84.4 cm³/mol. The van der Waals surface area contributed by atoms with Crippen LogP contribution in [0.15, 0.2) is 24.3 Å². The fraction of sp³-hybridized carbons (Fsp3) is 0.500. The Balaban J connectivity index is 1.71. The number of hydrogen-bond acceptors (Lipinski definition) is 4. The van der Waals surface area contributed by atoms with Crippen LogP contribution < -0.4 is 10.1 Å².